The van der Waals surface area contributed by atoms with Crippen LogP contribution in [0.1, 0.15) is 29.7 Å². The van der Waals surface area contributed by atoms with Crippen LogP contribution in [0.2, 0.25) is 0 Å². The minimum absolute atomic E-state index is 0.120. The van der Waals surface area contributed by atoms with Crippen LogP contribution in [0.5, 0.6) is 0 Å². The summed E-state index contributed by atoms with van der Waals surface area (Å²) >= 11 is 1.66. The van der Waals surface area contributed by atoms with E-state index in [4.69, 9.17) is 14.6 Å². The molecule has 1 aliphatic rings. The molecule has 0 radical (unpaired) electrons. The predicted molar refractivity (Wildman–Crippen MR) is 71.5 cm³/mol. The van der Waals surface area contributed by atoms with Gasteiger partial charge in [0, 0.05) is 28.8 Å². The standard InChI is InChI=1S/C14H18O3S/c15-6-2-1-4-12-8-14(18-11-12)10-16-9-13-5-3-7-17-13/h8,11,13,15H,2-3,5-7,9-10H2. The first kappa shape index (κ1) is 13.6. The van der Waals surface area contributed by atoms with Gasteiger partial charge in [-0.1, -0.05) is 11.8 Å². The summed E-state index contributed by atoms with van der Waals surface area (Å²) in [5, 5.41) is 10.7. The van der Waals surface area contributed by atoms with Gasteiger partial charge in [0.2, 0.25) is 0 Å². The minimum Gasteiger partial charge on any atom is -0.395 e. The second-order valence-corrected chi connectivity index (χ2v) is 5.22. The molecule has 0 saturated carbocycles. The zero-order chi connectivity index (χ0) is 12.6. The summed E-state index contributed by atoms with van der Waals surface area (Å²) in [6.45, 7) is 2.31. The fourth-order valence-electron chi connectivity index (χ4n) is 1.81. The number of aliphatic hydroxyl groups excluding tert-OH is 1. The Labute approximate surface area is 112 Å². The van der Waals surface area contributed by atoms with Crippen molar-refractivity contribution in [3.63, 3.8) is 0 Å². The van der Waals surface area contributed by atoms with Crippen molar-refractivity contribution in [2.75, 3.05) is 19.8 Å². The van der Waals surface area contributed by atoms with Gasteiger partial charge in [-0.05, 0) is 18.9 Å². The number of thiophene rings is 1. The van der Waals surface area contributed by atoms with Gasteiger partial charge in [-0.3, -0.25) is 0 Å². The summed E-state index contributed by atoms with van der Waals surface area (Å²) in [5.41, 5.74) is 1.00. The number of hydrogen-bond acceptors (Lipinski definition) is 4. The van der Waals surface area contributed by atoms with Gasteiger partial charge in [0.05, 0.1) is 25.9 Å². The van der Waals surface area contributed by atoms with Crippen molar-refractivity contribution in [2.24, 2.45) is 0 Å². The molecule has 98 valence electrons. The molecule has 0 aromatic carbocycles. The molecule has 1 aromatic heterocycles. The van der Waals surface area contributed by atoms with E-state index in [9.17, 15) is 0 Å². The Bertz CT molecular complexity index is 410. The van der Waals surface area contributed by atoms with Crippen molar-refractivity contribution < 1.29 is 14.6 Å². The van der Waals surface area contributed by atoms with Crippen LogP contribution in [0.4, 0.5) is 0 Å². The van der Waals surface area contributed by atoms with E-state index < -0.39 is 0 Å². The summed E-state index contributed by atoms with van der Waals surface area (Å²) in [7, 11) is 0. The second kappa shape index (κ2) is 7.55. The molecule has 0 aliphatic carbocycles. The van der Waals surface area contributed by atoms with Crippen molar-refractivity contribution in [1.82, 2.24) is 0 Å². The van der Waals surface area contributed by atoms with E-state index in [1.807, 2.05) is 11.4 Å². The largest absolute Gasteiger partial charge is 0.395 e. The average Bonchev–Trinajstić information content (AvgIpc) is 3.01. The Morgan fingerprint density at radius 1 is 1.56 bits per heavy atom. The van der Waals surface area contributed by atoms with E-state index in [0.717, 1.165) is 25.0 Å². The highest BCUT2D eigenvalue weighted by atomic mass is 32.1. The molecular weight excluding hydrogens is 248 g/mol. The van der Waals surface area contributed by atoms with E-state index in [2.05, 4.69) is 11.8 Å². The summed E-state index contributed by atoms with van der Waals surface area (Å²) in [5.74, 6) is 5.93. The van der Waals surface area contributed by atoms with E-state index in [1.165, 1.54) is 4.88 Å². The van der Waals surface area contributed by atoms with Gasteiger partial charge in [-0.15, -0.1) is 11.3 Å². The molecule has 1 unspecified atom stereocenters. The van der Waals surface area contributed by atoms with E-state index >= 15 is 0 Å². The molecule has 1 N–H and O–H groups in total. The summed E-state index contributed by atoms with van der Waals surface area (Å²) in [4.78, 5) is 1.18. The molecule has 1 saturated heterocycles. The van der Waals surface area contributed by atoms with Gasteiger partial charge in [0.25, 0.3) is 0 Å². The van der Waals surface area contributed by atoms with Crippen molar-refractivity contribution in [2.45, 2.75) is 32.0 Å². The first-order chi connectivity index (χ1) is 8.88. The lowest BCUT2D eigenvalue weighted by Gasteiger charge is -2.08. The van der Waals surface area contributed by atoms with E-state index in [0.29, 0.717) is 19.6 Å². The lowest BCUT2D eigenvalue weighted by atomic mass is 10.2. The maximum absolute atomic E-state index is 8.64. The normalized spacial score (nSPS) is 18.6. The summed E-state index contributed by atoms with van der Waals surface area (Å²) in [6, 6.07) is 2.05. The molecule has 0 amide bonds. The van der Waals surface area contributed by atoms with Gasteiger partial charge < -0.3 is 14.6 Å². The molecule has 3 nitrogen and oxygen atoms in total. The molecular formula is C14H18O3S. The molecule has 0 bridgehead atoms. The molecule has 1 fully saturated rings. The zero-order valence-corrected chi connectivity index (χ0v) is 11.2. The smallest absolute Gasteiger partial charge is 0.0811 e. The maximum atomic E-state index is 8.64. The lowest BCUT2D eigenvalue weighted by molar-refractivity contribution is 0.0114. The monoisotopic (exact) mass is 266 g/mol. The van der Waals surface area contributed by atoms with Crippen LogP contribution in [0.15, 0.2) is 11.4 Å². The second-order valence-electron chi connectivity index (χ2n) is 4.23. The molecule has 0 spiro atoms. The Morgan fingerprint density at radius 3 is 3.28 bits per heavy atom. The fraction of sp³-hybridized carbons (Fsp3) is 0.571. The zero-order valence-electron chi connectivity index (χ0n) is 10.4. The number of hydrogen-bond donors (Lipinski definition) is 1. The van der Waals surface area contributed by atoms with Crippen molar-refractivity contribution in [1.29, 1.82) is 0 Å². The van der Waals surface area contributed by atoms with E-state index in [-0.39, 0.29) is 12.7 Å². The lowest BCUT2D eigenvalue weighted by Crippen LogP contribution is -2.13. The van der Waals surface area contributed by atoms with Crippen LogP contribution in [0.25, 0.3) is 0 Å². The minimum atomic E-state index is 0.120. The third-order valence-electron chi connectivity index (χ3n) is 2.70. The topological polar surface area (TPSA) is 38.7 Å². The fourth-order valence-corrected chi connectivity index (χ4v) is 2.56. The Morgan fingerprint density at radius 2 is 2.50 bits per heavy atom. The van der Waals surface area contributed by atoms with Crippen molar-refractivity contribution in [3.8, 4) is 11.8 Å². The van der Waals surface area contributed by atoms with Crippen LogP contribution in [0, 0.1) is 11.8 Å². The molecule has 1 atom stereocenters. The SMILES string of the molecule is OCCC#Cc1csc(COCC2CCCO2)c1. The highest BCUT2D eigenvalue weighted by Gasteiger charge is 2.15. The molecule has 1 aromatic rings. The third-order valence-corrected chi connectivity index (χ3v) is 3.61. The average molecular weight is 266 g/mol. The summed E-state index contributed by atoms with van der Waals surface area (Å²) in [6.07, 6.45) is 3.08. The van der Waals surface area contributed by atoms with Crippen LogP contribution in [0.3, 0.4) is 0 Å². The quantitative estimate of drug-likeness (QED) is 0.830. The number of rotatable bonds is 5. The molecule has 1 aliphatic heterocycles. The van der Waals surface area contributed by atoms with Crippen LogP contribution >= 0.6 is 11.3 Å². The van der Waals surface area contributed by atoms with E-state index in [1.54, 1.807) is 11.3 Å². The van der Waals surface area contributed by atoms with Gasteiger partial charge in [0.15, 0.2) is 0 Å². The van der Waals surface area contributed by atoms with Crippen LogP contribution < -0.4 is 0 Å². The maximum Gasteiger partial charge on any atom is 0.0811 e. The Kier molecular flexibility index (Phi) is 5.69. The van der Waals surface area contributed by atoms with Gasteiger partial charge in [0.1, 0.15) is 0 Å². The predicted octanol–water partition coefficient (Wildman–Crippen LogP) is 2.18. The van der Waals surface area contributed by atoms with Crippen molar-refractivity contribution in [3.05, 3.63) is 21.9 Å². The molecule has 2 rings (SSSR count). The Balaban J connectivity index is 1.71. The van der Waals surface area contributed by atoms with Crippen molar-refractivity contribution >= 4 is 11.3 Å². The summed E-state index contributed by atoms with van der Waals surface area (Å²) < 4.78 is 11.1. The number of aliphatic hydroxyl groups is 1. The Hall–Kier alpha value is -0.860. The molecule has 4 heteroatoms. The van der Waals surface area contributed by atoms with Crippen LogP contribution in [-0.2, 0) is 16.1 Å². The number of ether oxygens (including phenoxy) is 2. The molecule has 18 heavy (non-hydrogen) atoms. The van der Waals surface area contributed by atoms with Gasteiger partial charge >= 0.3 is 0 Å². The van der Waals surface area contributed by atoms with Gasteiger partial charge in [-0.2, -0.15) is 0 Å². The highest BCUT2D eigenvalue weighted by Crippen LogP contribution is 2.17. The molecule has 2 heterocycles. The first-order valence-electron chi connectivity index (χ1n) is 6.25. The van der Waals surface area contributed by atoms with Gasteiger partial charge in [-0.25, -0.2) is 0 Å². The highest BCUT2D eigenvalue weighted by molar-refractivity contribution is 7.10. The first-order valence-corrected chi connectivity index (χ1v) is 7.13. The third kappa shape index (κ3) is 4.43. The van der Waals surface area contributed by atoms with Crippen LogP contribution in [-0.4, -0.2) is 31.0 Å².